The predicted molar refractivity (Wildman–Crippen MR) is 65.9 cm³/mol. The minimum absolute atomic E-state index is 0.669. The first-order chi connectivity index (χ1) is 7.80. The molecule has 1 heterocycles. The van der Waals surface area contributed by atoms with Crippen molar-refractivity contribution in [3.05, 3.63) is 11.9 Å². The van der Waals surface area contributed by atoms with Crippen molar-refractivity contribution in [1.29, 1.82) is 0 Å². The summed E-state index contributed by atoms with van der Waals surface area (Å²) in [4.78, 5) is 8.76. The summed E-state index contributed by atoms with van der Waals surface area (Å²) in [5.74, 6) is 2.56. The largest absolute Gasteiger partial charge is 0.383 e. The molecular weight excluding hydrogens is 204 g/mol. The molecule has 1 aromatic rings. The summed E-state index contributed by atoms with van der Waals surface area (Å²) in [5.41, 5.74) is 0. The van der Waals surface area contributed by atoms with Crippen LogP contribution < -0.4 is 10.6 Å². The Morgan fingerprint density at radius 2 is 1.88 bits per heavy atom. The van der Waals surface area contributed by atoms with Crippen molar-refractivity contribution >= 4 is 11.6 Å². The van der Waals surface area contributed by atoms with Crippen LogP contribution in [0.1, 0.15) is 19.7 Å². The lowest BCUT2D eigenvalue weighted by Crippen LogP contribution is -2.11. The van der Waals surface area contributed by atoms with Crippen molar-refractivity contribution in [1.82, 2.24) is 9.97 Å². The molecule has 16 heavy (non-hydrogen) atoms. The van der Waals surface area contributed by atoms with E-state index in [-0.39, 0.29) is 0 Å². The molecule has 0 amide bonds. The number of rotatable bonds is 7. The third-order valence-corrected chi connectivity index (χ3v) is 2.06. The van der Waals surface area contributed by atoms with E-state index in [4.69, 9.17) is 4.74 Å². The number of methoxy groups -OCH3 is 1. The summed E-state index contributed by atoms with van der Waals surface area (Å²) in [6.45, 7) is 6.37. The molecule has 0 aromatic carbocycles. The third kappa shape index (κ3) is 4.02. The Bertz CT molecular complexity index is 317. The van der Waals surface area contributed by atoms with Crippen molar-refractivity contribution in [2.24, 2.45) is 0 Å². The van der Waals surface area contributed by atoms with Crippen molar-refractivity contribution in [3.8, 4) is 0 Å². The van der Waals surface area contributed by atoms with Crippen LogP contribution in [0.5, 0.6) is 0 Å². The van der Waals surface area contributed by atoms with Gasteiger partial charge in [-0.25, -0.2) is 9.97 Å². The first kappa shape index (κ1) is 12.7. The molecule has 1 rings (SSSR count). The lowest BCUT2D eigenvalue weighted by Gasteiger charge is -2.09. The molecule has 0 aliphatic heterocycles. The van der Waals surface area contributed by atoms with Gasteiger partial charge in [0.25, 0.3) is 0 Å². The van der Waals surface area contributed by atoms with Gasteiger partial charge in [-0.3, -0.25) is 0 Å². The quantitative estimate of drug-likeness (QED) is 0.688. The van der Waals surface area contributed by atoms with E-state index in [1.54, 1.807) is 7.11 Å². The van der Waals surface area contributed by atoms with Gasteiger partial charge in [0, 0.05) is 32.7 Å². The second-order valence-corrected chi connectivity index (χ2v) is 3.36. The smallest absolute Gasteiger partial charge is 0.132 e. The first-order valence-corrected chi connectivity index (χ1v) is 5.64. The van der Waals surface area contributed by atoms with Crippen molar-refractivity contribution < 1.29 is 4.74 Å². The summed E-state index contributed by atoms with van der Waals surface area (Å²) in [7, 11) is 1.68. The molecule has 0 saturated heterocycles. The van der Waals surface area contributed by atoms with E-state index in [0.29, 0.717) is 6.61 Å². The molecule has 0 saturated carbocycles. The van der Waals surface area contributed by atoms with E-state index in [2.05, 4.69) is 20.6 Å². The fourth-order valence-electron chi connectivity index (χ4n) is 1.30. The highest BCUT2D eigenvalue weighted by molar-refractivity contribution is 5.47. The Morgan fingerprint density at radius 1 is 1.19 bits per heavy atom. The molecule has 0 unspecified atom stereocenters. The Hall–Kier alpha value is -1.36. The lowest BCUT2D eigenvalue weighted by molar-refractivity contribution is 0.210. The van der Waals surface area contributed by atoms with Crippen molar-refractivity contribution in [2.45, 2.75) is 20.3 Å². The van der Waals surface area contributed by atoms with Crippen LogP contribution in [0.25, 0.3) is 0 Å². The summed E-state index contributed by atoms with van der Waals surface area (Å²) >= 11 is 0. The van der Waals surface area contributed by atoms with E-state index in [0.717, 1.165) is 37.0 Å². The molecule has 5 nitrogen and oxygen atoms in total. The average Bonchev–Trinajstić information content (AvgIpc) is 2.29. The standard InChI is InChI=1S/C11H20N4O/c1-4-9-14-10(12-5-2)8-11(15-9)13-6-7-16-3/h8H,4-7H2,1-3H3,(H2,12,13,14,15). The van der Waals surface area contributed by atoms with Crippen molar-refractivity contribution in [3.63, 3.8) is 0 Å². The van der Waals surface area contributed by atoms with Gasteiger partial charge in [-0.05, 0) is 6.92 Å². The van der Waals surface area contributed by atoms with Gasteiger partial charge in [-0.1, -0.05) is 6.92 Å². The molecule has 0 spiro atoms. The average molecular weight is 224 g/mol. The van der Waals surface area contributed by atoms with Crippen LogP contribution in [0.2, 0.25) is 0 Å². The van der Waals surface area contributed by atoms with Gasteiger partial charge in [-0.2, -0.15) is 0 Å². The van der Waals surface area contributed by atoms with Crippen LogP contribution in [-0.4, -0.2) is 36.8 Å². The van der Waals surface area contributed by atoms with Crippen LogP contribution in [0.4, 0.5) is 11.6 Å². The number of ether oxygens (including phenoxy) is 1. The molecule has 90 valence electrons. The molecule has 0 aliphatic carbocycles. The maximum absolute atomic E-state index is 4.98. The molecule has 0 fully saturated rings. The minimum atomic E-state index is 0.669. The molecule has 0 radical (unpaired) electrons. The number of aryl methyl sites for hydroxylation is 1. The van der Waals surface area contributed by atoms with Gasteiger partial charge in [0.2, 0.25) is 0 Å². The van der Waals surface area contributed by atoms with Crippen LogP contribution in [0.3, 0.4) is 0 Å². The van der Waals surface area contributed by atoms with Crippen LogP contribution in [0, 0.1) is 0 Å². The molecule has 0 aliphatic rings. The third-order valence-electron chi connectivity index (χ3n) is 2.06. The van der Waals surface area contributed by atoms with Crippen molar-refractivity contribution in [2.75, 3.05) is 37.4 Å². The number of hydrogen-bond acceptors (Lipinski definition) is 5. The number of anilines is 2. The second-order valence-electron chi connectivity index (χ2n) is 3.36. The van der Waals surface area contributed by atoms with Gasteiger partial charge in [0.15, 0.2) is 0 Å². The zero-order chi connectivity index (χ0) is 11.8. The van der Waals surface area contributed by atoms with E-state index in [1.807, 2.05) is 19.9 Å². The van der Waals surface area contributed by atoms with Crippen LogP contribution >= 0.6 is 0 Å². The highest BCUT2D eigenvalue weighted by Crippen LogP contribution is 2.11. The van der Waals surface area contributed by atoms with Gasteiger partial charge >= 0.3 is 0 Å². The Labute approximate surface area is 96.6 Å². The molecule has 2 N–H and O–H groups in total. The van der Waals surface area contributed by atoms with E-state index < -0.39 is 0 Å². The van der Waals surface area contributed by atoms with Gasteiger partial charge in [-0.15, -0.1) is 0 Å². The summed E-state index contributed by atoms with van der Waals surface area (Å²) < 4.78 is 4.98. The van der Waals surface area contributed by atoms with E-state index >= 15 is 0 Å². The molecule has 5 heteroatoms. The fraction of sp³-hybridized carbons (Fsp3) is 0.636. The molecule has 0 atom stereocenters. The highest BCUT2D eigenvalue weighted by Gasteiger charge is 2.02. The Morgan fingerprint density at radius 3 is 2.44 bits per heavy atom. The van der Waals surface area contributed by atoms with Gasteiger partial charge < -0.3 is 15.4 Å². The fourth-order valence-corrected chi connectivity index (χ4v) is 1.30. The summed E-state index contributed by atoms with van der Waals surface area (Å²) in [6.07, 6.45) is 0.832. The van der Waals surface area contributed by atoms with Gasteiger partial charge in [0.05, 0.1) is 6.61 Å². The highest BCUT2D eigenvalue weighted by atomic mass is 16.5. The summed E-state index contributed by atoms with van der Waals surface area (Å²) in [5, 5.41) is 6.39. The zero-order valence-corrected chi connectivity index (χ0v) is 10.2. The monoisotopic (exact) mass is 224 g/mol. The SMILES string of the molecule is CCNc1cc(NCCOC)nc(CC)n1. The number of hydrogen-bond donors (Lipinski definition) is 2. The Kier molecular flexibility index (Phi) is 5.56. The molecule has 1 aromatic heterocycles. The number of nitrogens with zero attached hydrogens (tertiary/aromatic N) is 2. The second kappa shape index (κ2) is 7.00. The predicted octanol–water partition coefficient (Wildman–Crippen LogP) is 1.53. The number of aromatic nitrogens is 2. The molecule has 0 bridgehead atoms. The topological polar surface area (TPSA) is 59.1 Å². The van der Waals surface area contributed by atoms with E-state index in [9.17, 15) is 0 Å². The first-order valence-electron chi connectivity index (χ1n) is 5.64. The van der Waals surface area contributed by atoms with Gasteiger partial charge in [0.1, 0.15) is 17.5 Å². The van der Waals surface area contributed by atoms with Crippen LogP contribution in [-0.2, 0) is 11.2 Å². The maximum atomic E-state index is 4.98. The lowest BCUT2D eigenvalue weighted by atomic mass is 10.4. The minimum Gasteiger partial charge on any atom is -0.383 e. The maximum Gasteiger partial charge on any atom is 0.132 e. The zero-order valence-electron chi connectivity index (χ0n) is 10.2. The van der Waals surface area contributed by atoms with E-state index in [1.165, 1.54) is 0 Å². The summed E-state index contributed by atoms with van der Waals surface area (Å²) in [6, 6.07) is 1.92. The number of nitrogens with one attached hydrogen (secondary N) is 2. The molecular formula is C11H20N4O. The van der Waals surface area contributed by atoms with Crippen LogP contribution in [0.15, 0.2) is 6.07 Å². The normalized spacial score (nSPS) is 10.2. The Balaban J connectivity index is 2.69.